The lowest BCUT2D eigenvalue weighted by Gasteiger charge is -2.27. The van der Waals surface area contributed by atoms with E-state index >= 15 is 0 Å². The van der Waals surface area contributed by atoms with Crippen molar-refractivity contribution in [1.82, 2.24) is 4.57 Å². The van der Waals surface area contributed by atoms with Crippen molar-refractivity contribution in [3.05, 3.63) is 297 Å². The summed E-state index contributed by atoms with van der Waals surface area (Å²) >= 11 is 1.86. The van der Waals surface area contributed by atoms with Gasteiger partial charge in [0.2, 0.25) is 0 Å². The SMILES string of the molecule is C=C/C=C(\C=C/C)N(c1ccccc1)c1ccc2c(c1)c1cc(N(c3ccc4sc5c(N(c6ccccc6)c6ccc7c(ccc8ccccc87)c6)cccc5c4c3)c3cccc4ccccc34)ccc1n2-c1ccccc1. The number of allylic oxidation sites excluding steroid dienone is 4. The van der Waals surface area contributed by atoms with Crippen LogP contribution in [0.3, 0.4) is 0 Å². The summed E-state index contributed by atoms with van der Waals surface area (Å²) in [5.74, 6) is 0. The number of hydrogen-bond donors (Lipinski definition) is 0. The summed E-state index contributed by atoms with van der Waals surface area (Å²) in [6.07, 6.45) is 8.17. The van der Waals surface area contributed by atoms with Gasteiger partial charge in [-0.2, -0.15) is 0 Å². The molecule has 0 aliphatic carbocycles. The number of rotatable bonds is 12. The van der Waals surface area contributed by atoms with E-state index in [1.807, 2.05) is 17.4 Å². The molecule has 0 atom stereocenters. The lowest BCUT2D eigenvalue weighted by molar-refractivity contribution is 1.17. The summed E-state index contributed by atoms with van der Waals surface area (Å²) in [4.78, 5) is 7.21. The van der Waals surface area contributed by atoms with Crippen LogP contribution in [-0.4, -0.2) is 4.57 Å². The number of nitrogens with zero attached hydrogens (tertiary/aromatic N) is 4. The molecular weight excluding hydrogens is 965 g/mol. The summed E-state index contributed by atoms with van der Waals surface area (Å²) in [6, 6.07) is 95.3. The summed E-state index contributed by atoms with van der Waals surface area (Å²) in [6.45, 7) is 6.17. The second-order valence-corrected chi connectivity index (χ2v) is 20.8. The van der Waals surface area contributed by atoms with E-state index in [1.54, 1.807) is 0 Å². The third-order valence-corrected chi connectivity index (χ3v) is 16.3. The maximum Gasteiger partial charge on any atom is 0.0640 e. The van der Waals surface area contributed by atoms with Gasteiger partial charge in [-0.15, -0.1) is 11.3 Å². The van der Waals surface area contributed by atoms with Crippen LogP contribution in [0.4, 0.5) is 45.5 Å². The largest absolute Gasteiger partial charge is 0.310 e. The van der Waals surface area contributed by atoms with Crippen LogP contribution in [0.5, 0.6) is 0 Å². The number of anilines is 8. The molecule has 78 heavy (non-hydrogen) atoms. The third kappa shape index (κ3) is 7.99. The Hall–Kier alpha value is -9.94. The molecule has 0 amide bonds. The molecule has 4 nitrogen and oxygen atoms in total. The fourth-order valence-electron chi connectivity index (χ4n) is 11.7. The number of thiophene rings is 1. The maximum absolute atomic E-state index is 4.11. The summed E-state index contributed by atoms with van der Waals surface area (Å²) < 4.78 is 4.87. The topological polar surface area (TPSA) is 14.7 Å². The molecule has 0 saturated carbocycles. The molecule has 0 N–H and O–H groups in total. The highest BCUT2D eigenvalue weighted by Crippen LogP contribution is 2.49. The van der Waals surface area contributed by atoms with Crippen molar-refractivity contribution in [2.24, 2.45) is 0 Å². The van der Waals surface area contributed by atoms with Gasteiger partial charge in [-0.1, -0.05) is 164 Å². The van der Waals surface area contributed by atoms with Crippen molar-refractivity contribution in [3.8, 4) is 5.69 Å². The molecule has 0 aliphatic rings. The molecule has 0 fully saturated rings. The molecule has 0 bridgehead atoms. The molecule has 14 aromatic rings. The van der Waals surface area contributed by atoms with Crippen molar-refractivity contribution >= 4 is 131 Å². The summed E-state index contributed by atoms with van der Waals surface area (Å²) in [5, 5.41) is 12.1. The summed E-state index contributed by atoms with van der Waals surface area (Å²) in [5.41, 5.74) is 13.1. The lowest BCUT2D eigenvalue weighted by Crippen LogP contribution is -2.15. The number of hydrogen-bond acceptors (Lipinski definition) is 4. The number of para-hydroxylation sites is 3. The van der Waals surface area contributed by atoms with Crippen LogP contribution >= 0.6 is 11.3 Å². The van der Waals surface area contributed by atoms with E-state index in [1.165, 1.54) is 52.5 Å². The maximum atomic E-state index is 4.11. The van der Waals surface area contributed by atoms with Crippen molar-refractivity contribution < 1.29 is 0 Å². The molecule has 370 valence electrons. The van der Waals surface area contributed by atoms with Gasteiger partial charge in [0.25, 0.3) is 0 Å². The van der Waals surface area contributed by atoms with Gasteiger partial charge in [-0.05, 0) is 161 Å². The van der Waals surface area contributed by atoms with E-state index < -0.39 is 0 Å². The van der Waals surface area contributed by atoms with Crippen LogP contribution in [-0.2, 0) is 0 Å². The minimum absolute atomic E-state index is 1.02. The van der Waals surface area contributed by atoms with Crippen LogP contribution in [0.25, 0.3) is 80.0 Å². The standard InChI is InChI=1S/C73H52N4S/c1-3-20-53(21-4-2)74(54-25-8-5-9-26-54)58-39-43-69-65(47-58)66-48-59(40-44-70(66)77(69)56-29-12-7-13-30-56)76(68-34-18-24-50-22-15-17-32-63(50)68)60-41-45-72-67(49-60)64-33-19-35-71(73(64)78-72)75(55-27-10-6-11-28-55)57-38-42-62-52(46-57)37-36-51-23-14-16-31-61(51)62/h3-49H,1H2,2H3/b21-4-,53-20+. The van der Waals surface area contributed by atoms with E-state index in [-0.39, 0.29) is 0 Å². The van der Waals surface area contributed by atoms with Crippen LogP contribution in [0, 0.1) is 0 Å². The molecular formula is C73H52N4S. The molecule has 0 spiro atoms. The molecule has 0 saturated heterocycles. The minimum atomic E-state index is 1.02. The van der Waals surface area contributed by atoms with Crippen molar-refractivity contribution in [2.75, 3.05) is 14.7 Å². The van der Waals surface area contributed by atoms with Gasteiger partial charge < -0.3 is 19.3 Å². The van der Waals surface area contributed by atoms with E-state index in [0.717, 1.165) is 78.7 Å². The minimum Gasteiger partial charge on any atom is -0.310 e. The van der Waals surface area contributed by atoms with Crippen molar-refractivity contribution in [1.29, 1.82) is 0 Å². The Labute approximate surface area is 457 Å². The number of benzene rings is 12. The monoisotopic (exact) mass is 1020 g/mol. The highest BCUT2D eigenvalue weighted by Gasteiger charge is 2.24. The predicted octanol–water partition coefficient (Wildman–Crippen LogP) is 21.3. The van der Waals surface area contributed by atoms with Gasteiger partial charge in [-0.3, -0.25) is 0 Å². The highest BCUT2D eigenvalue weighted by molar-refractivity contribution is 7.26. The molecule has 0 aliphatic heterocycles. The van der Waals surface area contributed by atoms with Crippen LogP contribution in [0.2, 0.25) is 0 Å². The average Bonchev–Trinajstić information content (AvgIpc) is 4.05. The van der Waals surface area contributed by atoms with Gasteiger partial charge >= 0.3 is 0 Å². The lowest BCUT2D eigenvalue weighted by atomic mass is 10.0. The van der Waals surface area contributed by atoms with Crippen LogP contribution in [0.15, 0.2) is 297 Å². The average molecular weight is 1020 g/mol. The first-order valence-electron chi connectivity index (χ1n) is 26.6. The van der Waals surface area contributed by atoms with Gasteiger partial charge in [-0.25, -0.2) is 0 Å². The normalized spacial score (nSPS) is 12.0. The molecule has 0 unspecified atom stereocenters. The quantitative estimate of drug-likeness (QED) is 0.0895. The summed E-state index contributed by atoms with van der Waals surface area (Å²) in [7, 11) is 0. The Bertz CT molecular complexity index is 4660. The van der Waals surface area contributed by atoms with Crippen LogP contribution in [0.1, 0.15) is 6.92 Å². The highest BCUT2D eigenvalue weighted by atomic mass is 32.1. The molecule has 14 rings (SSSR count). The molecule has 2 aromatic heterocycles. The molecule has 12 aromatic carbocycles. The van der Waals surface area contributed by atoms with E-state index in [0.29, 0.717) is 0 Å². The molecule has 5 heteroatoms. The first-order valence-corrected chi connectivity index (χ1v) is 27.4. The molecule has 0 radical (unpaired) electrons. The Morgan fingerprint density at radius 2 is 0.923 bits per heavy atom. The number of aromatic nitrogens is 1. The van der Waals surface area contributed by atoms with Gasteiger partial charge in [0.15, 0.2) is 0 Å². The fraction of sp³-hybridized carbons (Fsp3) is 0.0137. The Morgan fingerprint density at radius 1 is 0.397 bits per heavy atom. The van der Waals surface area contributed by atoms with Gasteiger partial charge in [0.1, 0.15) is 0 Å². The second kappa shape index (κ2) is 19.6. The Balaban J connectivity index is 0.970. The number of fused-ring (bicyclic) bond motifs is 10. The third-order valence-electron chi connectivity index (χ3n) is 15.1. The smallest absolute Gasteiger partial charge is 0.0640 e. The zero-order chi connectivity index (χ0) is 52.1. The second-order valence-electron chi connectivity index (χ2n) is 19.7. The van der Waals surface area contributed by atoms with Gasteiger partial charge in [0, 0.05) is 77.1 Å². The Morgan fingerprint density at radius 3 is 1.67 bits per heavy atom. The fourth-order valence-corrected chi connectivity index (χ4v) is 12.9. The predicted molar refractivity (Wildman–Crippen MR) is 337 cm³/mol. The van der Waals surface area contributed by atoms with Crippen LogP contribution < -0.4 is 14.7 Å². The zero-order valence-corrected chi connectivity index (χ0v) is 43.9. The van der Waals surface area contributed by atoms with E-state index in [9.17, 15) is 0 Å². The zero-order valence-electron chi connectivity index (χ0n) is 43.0. The van der Waals surface area contributed by atoms with E-state index in [4.69, 9.17) is 0 Å². The van der Waals surface area contributed by atoms with Crippen molar-refractivity contribution in [3.63, 3.8) is 0 Å². The van der Waals surface area contributed by atoms with Crippen molar-refractivity contribution in [2.45, 2.75) is 6.92 Å². The van der Waals surface area contributed by atoms with E-state index in [2.05, 4.69) is 312 Å². The molecule has 2 heterocycles. The Kier molecular flexibility index (Phi) is 11.7. The van der Waals surface area contributed by atoms with Gasteiger partial charge in [0.05, 0.1) is 27.1 Å². The first-order chi connectivity index (χ1) is 38.6. The first kappa shape index (κ1) is 46.6.